The Morgan fingerprint density at radius 1 is 1.36 bits per heavy atom. The second-order valence-corrected chi connectivity index (χ2v) is 7.23. The highest BCUT2D eigenvalue weighted by atomic mass is 32.1. The van der Waals surface area contributed by atoms with Crippen LogP contribution in [0, 0.1) is 0 Å². The van der Waals surface area contributed by atoms with Gasteiger partial charge in [-0.15, -0.1) is 11.3 Å². The molecule has 1 aromatic heterocycles. The van der Waals surface area contributed by atoms with Gasteiger partial charge in [-0.1, -0.05) is 6.92 Å². The van der Waals surface area contributed by atoms with Crippen molar-refractivity contribution >= 4 is 11.3 Å². The van der Waals surface area contributed by atoms with E-state index in [1.54, 1.807) is 0 Å². The SMILES string of the molecule is CCc1csc(C2CCCN(CCOC3CCCCO3)C2)n1. The van der Waals surface area contributed by atoms with Crippen LogP contribution in [0.1, 0.15) is 55.6 Å². The number of ether oxygens (including phenoxy) is 2. The van der Waals surface area contributed by atoms with Crippen LogP contribution in [0.25, 0.3) is 0 Å². The molecule has 4 nitrogen and oxygen atoms in total. The zero-order valence-electron chi connectivity index (χ0n) is 13.6. The summed E-state index contributed by atoms with van der Waals surface area (Å²) >= 11 is 1.84. The summed E-state index contributed by atoms with van der Waals surface area (Å²) in [5.74, 6) is 0.616. The van der Waals surface area contributed by atoms with Gasteiger partial charge in [-0.05, 0) is 45.1 Å². The average Bonchev–Trinajstić information content (AvgIpc) is 3.05. The minimum absolute atomic E-state index is 0.0420. The summed E-state index contributed by atoms with van der Waals surface area (Å²) in [6.07, 6.45) is 7.11. The molecule has 0 saturated carbocycles. The maximum absolute atomic E-state index is 5.87. The number of aromatic nitrogens is 1. The van der Waals surface area contributed by atoms with E-state index in [4.69, 9.17) is 14.5 Å². The number of rotatable bonds is 6. The Hall–Kier alpha value is -0.490. The molecule has 2 aliphatic heterocycles. The van der Waals surface area contributed by atoms with Crippen LogP contribution in [0.5, 0.6) is 0 Å². The van der Waals surface area contributed by atoms with Crippen LogP contribution in [0.15, 0.2) is 5.38 Å². The summed E-state index contributed by atoms with van der Waals surface area (Å²) in [6.45, 7) is 7.16. The molecule has 2 unspecified atom stereocenters. The van der Waals surface area contributed by atoms with E-state index in [-0.39, 0.29) is 6.29 Å². The van der Waals surface area contributed by atoms with Crippen LogP contribution in [0.2, 0.25) is 0 Å². The molecule has 22 heavy (non-hydrogen) atoms. The van der Waals surface area contributed by atoms with Crippen LogP contribution in [0.4, 0.5) is 0 Å². The van der Waals surface area contributed by atoms with E-state index >= 15 is 0 Å². The monoisotopic (exact) mass is 324 g/mol. The lowest BCUT2D eigenvalue weighted by Gasteiger charge is -2.32. The molecule has 2 atom stereocenters. The molecule has 3 heterocycles. The van der Waals surface area contributed by atoms with Crippen LogP contribution in [-0.2, 0) is 15.9 Å². The smallest absolute Gasteiger partial charge is 0.157 e. The van der Waals surface area contributed by atoms with E-state index in [1.165, 1.54) is 42.9 Å². The lowest BCUT2D eigenvalue weighted by molar-refractivity contribution is -0.164. The molecule has 1 aromatic rings. The number of aryl methyl sites for hydroxylation is 1. The topological polar surface area (TPSA) is 34.6 Å². The summed E-state index contributed by atoms with van der Waals surface area (Å²) in [6, 6.07) is 0. The predicted octanol–water partition coefficient (Wildman–Crippen LogP) is 3.43. The summed E-state index contributed by atoms with van der Waals surface area (Å²) in [4.78, 5) is 7.31. The Labute approximate surface area is 137 Å². The standard InChI is InChI=1S/C17H28N2O2S/c1-2-15-13-22-17(18-15)14-6-5-8-19(12-14)9-11-21-16-7-3-4-10-20-16/h13-14,16H,2-12H2,1H3. The van der Waals surface area contributed by atoms with Crippen molar-refractivity contribution in [3.63, 3.8) is 0 Å². The zero-order chi connectivity index (χ0) is 15.2. The van der Waals surface area contributed by atoms with Crippen molar-refractivity contribution in [1.29, 1.82) is 0 Å². The quantitative estimate of drug-likeness (QED) is 0.803. The van der Waals surface area contributed by atoms with Gasteiger partial charge in [0.05, 0.1) is 17.3 Å². The van der Waals surface area contributed by atoms with Gasteiger partial charge in [0.15, 0.2) is 6.29 Å². The van der Waals surface area contributed by atoms with E-state index in [1.807, 2.05) is 11.3 Å². The van der Waals surface area contributed by atoms with Gasteiger partial charge in [0, 0.05) is 31.0 Å². The first kappa shape index (κ1) is 16.4. The zero-order valence-corrected chi connectivity index (χ0v) is 14.4. The summed E-state index contributed by atoms with van der Waals surface area (Å²) in [5.41, 5.74) is 1.25. The number of likely N-dealkylation sites (tertiary alicyclic amines) is 1. The lowest BCUT2D eigenvalue weighted by atomic mass is 9.99. The van der Waals surface area contributed by atoms with Crippen molar-refractivity contribution in [3.05, 3.63) is 16.1 Å². The van der Waals surface area contributed by atoms with Gasteiger partial charge in [0.1, 0.15) is 0 Å². The average molecular weight is 324 g/mol. The first-order chi connectivity index (χ1) is 10.8. The van der Waals surface area contributed by atoms with Gasteiger partial charge in [0.2, 0.25) is 0 Å². The van der Waals surface area contributed by atoms with Crippen molar-refractivity contribution in [1.82, 2.24) is 9.88 Å². The highest BCUT2D eigenvalue weighted by Gasteiger charge is 2.24. The minimum atomic E-state index is 0.0420. The number of piperidine rings is 1. The van der Waals surface area contributed by atoms with E-state index in [9.17, 15) is 0 Å². The fraction of sp³-hybridized carbons (Fsp3) is 0.824. The highest BCUT2D eigenvalue weighted by Crippen LogP contribution is 2.29. The summed E-state index contributed by atoms with van der Waals surface area (Å²) < 4.78 is 11.5. The second-order valence-electron chi connectivity index (χ2n) is 6.34. The number of hydrogen-bond acceptors (Lipinski definition) is 5. The Morgan fingerprint density at radius 2 is 2.32 bits per heavy atom. The first-order valence-electron chi connectivity index (χ1n) is 8.75. The molecule has 0 bridgehead atoms. The third-order valence-corrected chi connectivity index (χ3v) is 5.69. The molecule has 5 heteroatoms. The van der Waals surface area contributed by atoms with Crippen molar-refractivity contribution in [2.24, 2.45) is 0 Å². The van der Waals surface area contributed by atoms with Crippen molar-refractivity contribution in [2.45, 2.75) is 57.7 Å². The molecule has 2 aliphatic rings. The molecule has 0 aliphatic carbocycles. The van der Waals surface area contributed by atoms with E-state index < -0.39 is 0 Å². The van der Waals surface area contributed by atoms with Crippen LogP contribution >= 0.6 is 11.3 Å². The Morgan fingerprint density at radius 3 is 3.09 bits per heavy atom. The lowest BCUT2D eigenvalue weighted by Crippen LogP contribution is -2.37. The van der Waals surface area contributed by atoms with Crippen molar-refractivity contribution in [2.75, 3.05) is 32.8 Å². The molecule has 0 aromatic carbocycles. The van der Waals surface area contributed by atoms with E-state index in [0.717, 1.165) is 39.1 Å². The number of nitrogens with zero attached hydrogens (tertiary/aromatic N) is 2. The Bertz CT molecular complexity index is 446. The fourth-order valence-corrected chi connectivity index (χ4v) is 4.32. The minimum Gasteiger partial charge on any atom is -0.353 e. The molecule has 124 valence electrons. The molecular weight excluding hydrogens is 296 g/mol. The van der Waals surface area contributed by atoms with Crippen LogP contribution < -0.4 is 0 Å². The summed E-state index contributed by atoms with van der Waals surface area (Å²) in [7, 11) is 0. The van der Waals surface area contributed by atoms with Gasteiger partial charge in [-0.3, -0.25) is 0 Å². The third-order valence-electron chi connectivity index (χ3n) is 4.64. The largest absolute Gasteiger partial charge is 0.353 e. The van der Waals surface area contributed by atoms with E-state index in [2.05, 4.69) is 17.2 Å². The van der Waals surface area contributed by atoms with Crippen molar-refractivity contribution < 1.29 is 9.47 Å². The molecule has 0 radical (unpaired) electrons. The fourth-order valence-electron chi connectivity index (χ4n) is 3.29. The normalized spacial score (nSPS) is 27.1. The number of hydrogen-bond donors (Lipinski definition) is 0. The van der Waals surface area contributed by atoms with Crippen LogP contribution in [-0.4, -0.2) is 49.0 Å². The molecule has 0 N–H and O–H groups in total. The van der Waals surface area contributed by atoms with Gasteiger partial charge >= 0.3 is 0 Å². The third kappa shape index (κ3) is 4.51. The molecule has 3 rings (SSSR count). The van der Waals surface area contributed by atoms with Gasteiger partial charge in [-0.25, -0.2) is 4.98 Å². The number of thiazole rings is 1. The summed E-state index contributed by atoms with van der Waals surface area (Å²) in [5, 5.41) is 3.55. The van der Waals surface area contributed by atoms with E-state index in [0.29, 0.717) is 5.92 Å². The maximum atomic E-state index is 5.87. The Kier molecular flexibility index (Phi) is 6.24. The maximum Gasteiger partial charge on any atom is 0.157 e. The Balaban J connectivity index is 1.42. The molecule has 2 fully saturated rings. The van der Waals surface area contributed by atoms with Gasteiger partial charge in [0.25, 0.3) is 0 Å². The highest BCUT2D eigenvalue weighted by molar-refractivity contribution is 7.09. The first-order valence-corrected chi connectivity index (χ1v) is 9.63. The molecular formula is C17H28N2O2S. The van der Waals surface area contributed by atoms with Crippen LogP contribution in [0.3, 0.4) is 0 Å². The van der Waals surface area contributed by atoms with Gasteiger partial charge < -0.3 is 14.4 Å². The molecule has 0 spiro atoms. The second kappa shape index (κ2) is 8.39. The molecule has 0 amide bonds. The van der Waals surface area contributed by atoms with Gasteiger partial charge in [-0.2, -0.15) is 0 Å². The predicted molar refractivity (Wildman–Crippen MR) is 89.5 cm³/mol. The molecule has 2 saturated heterocycles. The van der Waals surface area contributed by atoms with Crippen molar-refractivity contribution in [3.8, 4) is 0 Å².